The molecule has 0 unspecified atom stereocenters. The maximum absolute atomic E-state index is 10.8. The topological polar surface area (TPSA) is 26.3 Å². The molecule has 0 aliphatic heterocycles. The predicted molar refractivity (Wildman–Crippen MR) is 50.9 cm³/mol. The third-order valence-electron chi connectivity index (χ3n) is 1.39. The average molecular weight is 182 g/mol. The van der Waals surface area contributed by atoms with E-state index in [0.717, 1.165) is 0 Å². The van der Waals surface area contributed by atoms with Crippen molar-refractivity contribution >= 4 is 17.7 Å². The zero-order chi connectivity index (χ0) is 8.97. The van der Waals surface area contributed by atoms with E-state index < -0.39 is 0 Å². The van der Waals surface area contributed by atoms with E-state index in [1.54, 1.807) is 18.2 Å². The van der Waals surface area contributed by atoms with Gasteiger partial charge >= 0.3 is 0 Å². The first-order valence-electron chi connectivity index (χ1n) is 3.70. The standard InChI is InChI=1S/C9H10O2S/c1-2-11-8-5-3-4-7(6-8)9(10)12/h3-6H,2H2,1H3,(H,10,12). The van der Waals surface area contributed by atoms with Crippen LogP contribution in [0.15, 0.2) is 24.3 Å². The van der Waals surface area contributed by atoms with Gasteiger partial charge in [-0.1, -0.05) is 12.1 Å². The maximum Gasteiger partial charge on any atom is 0.216 e. The number of benzene rings is 1. The van der Waals surface area contributed by atoms with Crippen molar-refractivity contribution in [3.63, 3.8) is 0 Å². The molecule has 0 bridgehead atoms. The number of hydrogen-bond acceptors (Lipinski definition) is 2. The molecule has 1 rings (SSSR count). The summed E-state index contributed by atoms with van der Waals surface area (Å²) in [5, 5.41) is -0.239. The molecule has 0 radical (unpaired) electrons. The van der Waals surface area contributed by atoms with E-state index in [4.69, 9.17) is 4.74 Å². The molecule has 0 saturated heterocycles. The van der Waals surface area contributed by atoms with Crippen molar-refractivity contribution in [2.75, 3.05) is 6.61 Å². The number of carbonyl (C=O) groups is 1. The van der Waals surface area contributed by atoms with Crippen LogP contribution in [-0.4, -0.2) is 11.7 Å². The molecule has 0 atom stereocenters. The van der Waals surface area contributed by atoms with Crippen LogP contribution >= 0.6 is 12.6 Å². The smallest absolute Gasteiger partial charge is 0.216 e. The summed E-state index contributed by atoms with van der Waals surface area (Å²) in [6.45, 7) is 2.50. The van der Waals surface area contributed by atoms with E-state index in [2.05, 4.69) is 12.6 Å². The molecular weight excluding hydrogens is 172 g/mol. The molecule has 0 N–H and O–H groups in total. The molecule has 0 aromatic heterocycles. The predicted octanol–water partition coefficient (Wildman–Crippen LogP) is 2.16. The molecule has 64 valence electrons. The fourth-order valence-corrected chi connectivity index (χ4v) is 1.02. The zero-order valence-electron chi connectivity index (χ0n) is 6.78. The number of thiol groups is 1. The van der Waals surface area contributed by atoms with Gasteiger partial charge in [-0.15, -0.1) is 12.6 Å². The van der Waals surface area contributed by atoms with Gasteiger partial charge in [0.25, 0.3) is 0 Å². The molecule has 0 aliphatic carbocycles. The van der Waals surface area contributed by atoms with Crippen molar-refractivity contribution in [2.24, 2.45) is 0 Å². The van der Waals surface area contributed by atoms with Crippen molar-refractivity contribution in [3.8, 4) is 5.75 Å². The van der Waals surface area contributed by atoms with Gasteiger partial charge in [0.1, 0.15) is 5.75 Å². The largest absolute Gasteiger partial charge is 0.494 e. The van der Waals surface area contributed by atoms with Crippen LogP contribution < -0.4 is 4.74 Å². The summed E-state index contributed by atoms with van der Waals surface area (Å²) in [4.78, 5) is 10.8. The van der Waals surface area contributed by atoms with Crippen molar-refractivity contribution in [2.45, 2.75) is 6.92 Å². The summed E-state index contributed by atoms with van der Waals surface area (Å²) in [7, 11) is 0. The SMILES string of the molecule is CCOc1cccc(C(=O)S)c1. The molecule has 0 spiro atoms. The third-order valence-corrected chi connectivity index (χ3v) is 1.65. The Morgan fingerprint density at radius 3 is 2.92 bits per heavy atom. The van der Waals surface area contributed by atoms with E-state index in [1.807, 2.05) is 13.0 Å². The normalized spacial score (nSPS) is 9.50. The van der Waals surface area contributed by atoms with Gasteiger partial charge in [-0.3, -0.25) is 4.79 Å². The fraction of sp³-hybridized carbons (Fsp3) is 0.222. The number of ether oxygens (including phenoxy) is 1. The molecule has 0 fully saturated rings. The number of rotatable bonds is 3. The van der Waals surface area contributed by atoms with Gasteiger partial charge in [-0.05, 0) is 19.1 Å². The second kappa shape index (κ2) is 4.16. The molecule has 0 saturated carbocycles. The quantitative estimate of drug-likeness (QED) is 0.725. The van der Waals surface area contributed by atoms with Gasteiger partial charge in [0.2, 0.25) is 5.12 Å². The molecule has 2 nitrogen and oxygen atoms in total. The molecule has 1 aromatic carbocycles. The van der Waals surface area contributed by atoms with Crippen molar-refractivity contribution in [1.29, 1.82) is 0 Å². The highest BCUT2D eigenvalue weighted by atomic mass is 32.1. The fourth-order valence-electron chi connectivity index (χ4n) is 0.886. The molecule has 1 aromatic rings. The molecule has 3 heteroatoms. The van der Waals surface area contributed by atoms with Gasteiger partial charge in [0.05, 0.1) is 6.61 Å². The average Bonchev–Trinajstić information content (AvgIpc) is 2.05. The van der Waals surface area contributed by atoms with Crippen molar-refractivity contribution in [1.82, 2.24) is 0 Å². The summed E-state index contributed by atoms with van der Waals surface area (Å²) in [5.41, 5.74) is 0.560. The first-order chi connectivity index (χ1) is 5.74. The van der Waals surface area contributed by atoms with E-state index in [-0.39, 0.29) is 5.12 Å². The van der Waals surface area contributed by atoms with Gasteiger partial charge in [-0.25, -0.2) is 0 Å². The highest BCUT2D eigenvalue weighted by molar-refractivity contribution is 7.97. The van der Waals surface area contributed by atoms with Crippen LogP contribution in [0.4, 0.5) is 0 Å². The summed E-state index contributed by atoms with van der Waals surface area (Å²) in [6, 6.07) is 6.97. The first-order valence-corrected chi connectivity index (χ1v) is 4.15. The van der Waals surface area contributed by atoms with Crippen LogP contribution in [0, 0.1) is 0 Å². The van der Waals surface area contributed by atoms with Crippen LogP contribution in [0.1, 0.15) is 17.3 Å². The number of carbonyl (C=O) groups excluding carboxylic acids is 1. The van der Waals surface area contributed by atoms with Crippen LogP contribution in [0.5, 0.6) is 5.75 Å². The van der Waals surface area contributed by atoms with E-state index in [0.29, 0.717) is 17.9 Å². The molecule has 12 heavy (non-hydrogen) atoms. The minimum absolute atomic E-state index is 0.239. The monoisotopic (exact) mass is 182 g/mol. The lowest BCUT2D eigenvalue weighted by molar-refractivity contribution is 0.109. The summed E-state index contributed by atoms with van der Waals surface area (Å²) < 4.78 is 5.21. The Bertz CT molecular complexity index is 284. The zero-order valence-corrected chi connectivity index (χ0v) is 7.67. The van der Waals surface area contributed by atoms with Crippen LogP contribution in [0.25, 0.3) is 0 Å². The van der Waals surface area contributed by atoms with Crippen LogP contribution in [0.2, 0.25) is 0 Å². The van der Waals surface area contributed by atoms with E-state index >= 15 is 0 Å². The van der Waals surface area contributed by atoms with E-state index in [9.17, 15) is 4.79 Å². The summed E-state index contributed by atoms with van der Waals surface area (Å²) in [5.74, 6) is 0.706. The summed E-state index contributed by atoms with van der Waals surface area (Å²) in [6.07, 6.45) is 0. The van der Waals surface area contributed by atoms with Gasteiger partial charge in [-0.2, -0.15) is 0 Å². The lowest BCUT2D eigenvalue weighted by Gasteiger charge is -2.02. The van der Waals surface area contributed by atoms with Crippen LogP contribution in [0.3, 0.4) is 0 Å². The molecule has 0 heterocycles. The Morgan fingerprint density at radius 1 is 1.58 bits per heavy atom. The second-order valence-electron chi connectivity index (χ2n) is 2.27. The highest BCUT2D eigenvalue weighted by Crippen LogP contribution is 2.14. The third kappa shape index (κ3) is 2.27. The van der Waals surface area contributed by atoms with Gasteiger partial charge in [0, 0.05) is 5.56 Å². The Labute approximate surface area is 77.0 Å². The Balaban J connectivity index is 2.88. The second-order valence-corrected chi connectivity index (χ2v) is 2.67. The van der Waals surface area contributed by atoms with Gasteiger partial charge < -0.3 is 4.74 Å². The lowest BCUT2D eigenvalue weighted by Crippen LogP contribution is -1.94. The van der Waals surface area contributed by atoms with Crippen LogP contribution in [-0.2, 0) is 0 Å². The number of hydrogen-bond donors (Lipinski definition) is 1. The highest BCUT2D eigenvalue weighted by Gasteiger charge is 2.00. The summed E-state index contributed by atoms with van der Waals surface area (Å²) >= 11 is 3.71. The molecule has 0 aliphatic rings. The Morgan fingerprint density at radius 2 is 2.33 bits per heavy atom. The Hall–Kier alpha value is -0.960. The molecular formula is C9H10O2S. The minimum Gasteiger partial charge on any atom is -0.494 e. The maximum atomic E-state index is 10.8. The lowest BCUT2D eigenvalue weighted by atomic mass is 10.2. The molecule has 0 amide bonds. The first kappa shape index (κ1) is 9.13. The van der Waals surface area contributed by atoms with Crippen molar-refractivity contribution < 1.29 is 9.53 Å². The minimum atomic E-state index is -0.239. The van der Waals surface area contributed by atoms with Gasteiger partial charge in [0.15, 0.2) is 0 Å². The van der Waals surface area contributed by atoms with Crippen molar-refractivity contribution in [3.05, 3.63) is 29.8 Å². The Kier molecular flexibility index (Phi) is 3.17. The van der Waals surface area contributed by atoms with E-state index in [1.165, 1.54) is 0 Å².